The fourth-order valence-corrected chi connectivity index (χ4v) is 2.24. The Morgan fingerprint density at radius 3 is 2.89 bits per heavy atom. The first-order chi connectivity index (χ1) is 8.72. The van der Waals surface area contributed by atoms with Crippen LogP contribution in [0.4, 0.5) is 0 Å². The second kappa shape index (κ2) is 4.42. The van der Waals surface area contributed by atoms with Crippen LogP contribution in [0.3, 0.4) is 0 Å². The van der Waals surface area contributed by atoms with Crippen molar-refractivity contribution in [2.75, 3.05) is 0 Å². The SMILES string of the molecule is O=c1ccc(Br)cn1Cc1cn2ccccc2n1. The van der Waals surface area contributed by atoms with Crippen molar-refractivity contribution in [3.8, 4) is 0 Å². The zero-order valence-electron chi connectivity index (χ0n) is 9.45. The topological polar surface area (TPSA) is 39.3 Å². The summed E-state index contributed by atoms with van der Waals surface area (Å²) in [4.78, 5) is 16.2. The van der Waals surface area contributed by atoms with Gasteiger partial charge in [0.15, 0.2) is 0 Å². The Morgan fingerprint density at radius 1 is 1.17 bits per heavy atom. The van der Waals surface area contributed by atoms with Gasteiger partial charge in [-0.15, -0.1) is 0 Å². The molecule has 4 nitrogen and oxygen atoms in total. The lowest BCUT2D eigenvalue weighted by atomic mass is 10.4. The molecule has 0 unspecified atom stereocenters. The number of pyridine rings is 2. The molecule has 3 aromatic heterocycles. The van der Waals surface area contributed by atoms with Gasteiger partial charge in [0.1, 0.15) is 5.65 Å². The predicted octanol–water partition coefficient (Wildman–Crippen LogP) is 2.31. The van der Waals surface area contributed by atoms with Gasteiger partial charge >= 0.3 is 0 Å². The largest absolute Gasteiger partial charge is 0.308 e. The fourth-order valence-electron chi connectivity index (χ4n) is 1.86. The normalized spacial score (nSPS) is 10.9. The summed E-state index contributed by atoms with van der Waals surface area (Å²) in [5.41, 5.74) is 1.72. The summed E-state index contributed by atoms with van der Waals surface area (Å²) in [5.74, 6) is 0. The van der Waals surface area contributed by atoms with E-state index in [9.17, 15) is 4.79 Å². The maximum atomic E-state index is 11.7. The van der Waals surface area contributed by atoms with Crippen molar-refractivity contribution in [2.24, 2.45) is 0 Å². The molecule has 90 valence electrons. The number of hydrogen-bond donors (Lipinski definition) is 0. The van der Waals surface area contributed by atoms with Crippen molar-refractivity contribution < 1.29 is 0 Å². The minimum Gasteiger partial charge on any atom is -0.308 e. The van der Waals surface area contributed by atoms with Gasteiger partial charge in [-0.3, -0.25) is 4.79 Å². The smallest absolute Gasteiger partial charge is 0.250 e. The molecule has 0 aliphatic heterocycles. The van der Waals surface area contributed by atoms with Gasteiger partial charge in [-0.05, 0) is 34.1 Å². The van der Waals surface area contributed by atoms with E-state index in [-0.39, 0.29) is 5.56 Å². The van der Waals surface area contributed by atoms with Crippen LogP contribution in [0.5, 0.6) is 0 Å². The van der Waals surface area contributed by atoms with Gasteiger partial charge in [-0.2, -0.15) is 0 Å². The molecule has 5 heteroatoms. The van der Waals surface area contributed by atoms with Gasteiger partial charge < -0.3 is 8.97 Å². The predicted molar refractivity (Wildman–Crippen MR) is 72.7 cm³/mol. The van der Waals surface area contributed by atoms with E-state index in [1.807, 2.05) is 35.0 Å². The third kappa shape index (κ3) is 2.09. The molecule has 0 radical (unpaired) electrons. The van der Waals surface area contributed by atoms with Gasteiger partial charge in [0, 0.05) is 29.1 Å². The highest BCUT2D eigenvalue weighted by Gasteiger charge is 2.03. The fraction of sp³-hybridized carbons (Fsp3) is 0.0769. The Bertz CT molecular complexity index is 727. The van der Waals surface area contributed by atoms with Crippen molar-refractivity contribution in [3.63, 3.8) is 0 Å². The number of fused-ring (bicyclic) bond motifs is 1. The summed E-state index contributed by atoms with van der Waals surface area (Å²) in [6, 6.07) is 9.11. The third-order valence-electron chi connectivity index (χ3n) is 2.69. The van der Waals surface area contributed by atoms with Crippen LogP contribution in [0.15, 0.2) is 58.2 Å². The molecule has 0 aromatic carbocycles. The molecule has 18 heavy (non-hydrogen) atoms. The van der Waals surface area contributed by atoms with E-state index in [4.69, 9.17) is 0 Å². The van der Waals surface area contributed by atoms with E-state index in [1.165, 1.54) is 0 Å². The van der Waals surface area contributed by atoms with Gasteiger partial charge in [0.2, 0.25) is 0 Å². The second-order valence-corrected chi connectivity index (χ2v) is 4.93. The average Bonchev–Trinajstić information content (AvgIpc) is 2.76. The first kappa shape index (κ1) is 11.2. The van der Waals surface area contributed by atoms with Crippen molar-refractivity contribution in [3.05, 3.63) is 69.4 Å². The van der Waals surface area contributed by atoms with E-state index in [2.05, 4.69) is 20.9 Å². The number of hydrogen-bond acceptors (Lipinski definition) is 2. The van der Waals surface area contributed by atoms with Crippen LogP contribution >= 0.6 is 15.9 Å². The highest BCUT2D eigenvalue weighted by Crippen LogP contribution is 2.08. The third-order valence-corrected chi connectivity index (χ3v) is 3.16. The van der Waals surface area contributed by atoms with Gasteiger partial charge in [-0.25, -0.2) is 4.98 Å². The Kier molecular flexibility index (Phi) is 2.76. The molecule has 3 rings (SSSR count). The van der Waals surface area contributed by atoms with E-state index in [1.54, 1.807) is 22.9 Å². The molecule has 0 aliphatic rings. The Labute approximate surface area is 112 Å². The zero-order chi connectivity index (χ0) is 12.5. The van der Waals surface area contributed by atoms with Crippen LogP contribution in [0.1, 0.15) is 5.69 Å². The van der Waals surface area contributed by atoms with E-state index in [0.29, 0.717) is 6.54 Å². The summed E-state index contributed by atoms with van der Waals surface area (Å²) in [5, 5.41) is 0. The summed E-state index contributed by atoms with van der Waals surface area (Å²) in [6.07, 6.45) is 5.64. The van der Waals surface area contributed by atoms with Crippen molar-refractivity contribution >= 4 is 21.6 Å². The first-order valence-corrected chi connectivity index (χ1v) is 6.30. The first-order valence-electron chi connectivity index (χ1n) is 5.51. The molecular formula is C13H10BrN3O. The summed E-state index contributed by atoms with van der Waals surface area (Å²) >= 11 is 3.36. The van der Waals surface area contributed by atoms with Crippen molar-refractivity contribution in [1.29, 1.82) is 0 Å². The number of imidazole rings is 1. The Morgan fingerprint density at radius 2 is 2.06 bits per heavy atom. The van der Waals surface area contributed by atoms with Crippen LogP contribution in [0.25, 0.3) is 5.65 Å². The highest BCUT2D eigenvalue weighted by molar-refractivity contribution is 9.10. The van der Waals surface area contributed by atoms with Crippen LogP contribution < -0.4 is 5.56 Å². The quantitative estimate of drug-likeness (QED) is 0.729. The molecule has 0 N–H and O–H groups in total. The second-order valence-electron chi connectivity index (χ2n) is 4.01. The summed E-state index contributed by atoms with van der Waals surface area (Å²) < 4.78 is 4.45. The Balaban J connectivity index is 2.01. The molecule has 0 bridgehead atoms. The molecule has 0 saturated heterocycles. The van der Waals surface area contributed by atoms with Gasteiger partial charge in [0.25, 0.3) is 5.56 Å². The molecule has 0 spiro atoms. The molecular weight excluding hydrogens is 294 g/mol. The van der Waals surface area contributed by atoms with Gasteiger partial charge in [0.05, 0.1) is 12.2 Å². The lowest BCUT2D eigenvalue weighted by molar-refractivity contribution is 0.741. The maximum Gasteiger partial charge on any atom is 0.250 e. The Hall–Kier alpha value is -1.88. The monoisotopic (exact) mass is 303 g/mol. The van der Waals surface area contributed by atoms with Crippen LogP contribution in [-0.4, -0.2) is 14.0 Å². The highest BCUT2D eigenvalue weighted by atomic mass is 79.9. The minimum absolute atomic E-state index is 0.0322. The maximum absolute atomic E-state index is 11.7. The molecule has 0 atom stereocenters. The molecule has 0 amide bonds. The molecule has 3 heterocycles. The van der Waals surface area contributed by atoms with Crippen LogP contribution in [0, 0.1) is 0 Å². The standard InChI is InChI=1S/C13H10BrN3O/c14-10-4-5-13(18)17(7-10)9-11-8-16-6-2-1-3-12(16)15-11/h1-8H,9H2. The molecule has 3 aromatic rings. The zero-order valence-corrected chi connectivity index (χ0v) is 11.0. The number of nitrogens with zero attached hydrogens (tertiary/aromatic N) is 3. The lowest BCUT2D eigenvalue weighted by Crippen LogP contribution is -2.18. The lowest BCUT2D eigenvalue weighted by Gasteiger charge is -2.02. The van der Waals surface area contributed by atoms with E-state index < -0.39 is 0 Å². The summed E-state index contributed by atoms with van der Waals surface area (Å²) in [6.45, 7) is 0.472. The van der Waals surface area contributed by atoms with Crippen LogP contribution in [-0.2, 0) is 6.54 Å². The number of rotatable bonds is 2. The number of aromatic nitrogens is 3. The molecule has 0 aliphatic carbocycles. The molecule has 0 saturated carbocycles. The molecule has 0 fully saturated rings. The summed E-state index contributed by atoms with van der Waals surface area (Å²) in [7, 11) is 0. The average molecular weight is 304 g/mol. The van der Waals surface area contributed by atoms with E-state index in [0.717, 1.165) is 15.8 Å². The van der Waals surface area contributed by atoms with Gasteiger partial charge in [-0.1, -0.05) is 6.07 Å². The minimum atomic E-state index is -0.0322. The van der Waals surface area contributed by atoms with Crippen LogP contribution in [0.2, 0.25) is 0 Å². The number of halogens is 1. The van der Waals surface area contributed by atoms with Crippen molar-refractivity contribution in [1.82, 2.24) is 14.0 Å². The van der Waals surface area contributed by atoms with E-state index >= 15 is 0 Å². The van der Waals surface area contributed by atoms with Crippen molar-refractivity contribution in [2.45, 2.75) is 6.54 Å².